The first-order valence-electron chi connectivity index (χ1n) is 12.9. The summed E-state index contributed by atoms with van der Waals surface area (Å²) in [6.45, 7) is 6.33. The highest BCUT2D eigenvalue weighted by molar-refractivity contribution is 6.00. The molecule has 2 aromatic heterocycles. The van der Waals surface area contributed by atoms with Crippen molar-refractivity contribution >= 4 is 11.4 Å². The molecular formula is C30H30N4O5. The highest BCUT2D eigenvalue weighted by Gasteiger charge is 2.44. The van der Waals surface area contributed by atoms with Crippen LogP contribution in [0.1, 0.15) is 55.1 Å². The van der Waals surface area contributed by atoms with Gasteiger partial charge in [-0.2, -0.15) is 0 Å². The maximum absolute atomic E-state index is 13.7. The summed E-state index contributed by atoms with van der Waals surface area (Å²) in [7, 11) is 3.19. The SMILES string of the molecule is COc1ccc(C2C3=C(CC(C)(C)CC3=O)Oc3ncn4nc(COc5ccccc5C)nc4c32)cc1OC. The number of rotatable bonds is 6. The number of methoxy groups -OCH3 is 2. The lowest BCUT2D eigenvalue weighted by Gasteiger charge is -2.37. The number of Topliss-reactive ketones (excluding diaryl/α,β-unsaturated/α-hetero) is 1. The third-order valence-corrected chi connectivity index (χ3v) is 7.30. The number of hydrogen-bond donors (Lipinski definition) is 0. The van der Waals surface area contributed by atoms with E-state index in [2.05, 4.69) is 23.9 Å². The maximum Gasteiger partial charge on any atom is 0.228 e. The molecular weight excluding hydrogens is 496 g/mol. The molecule has 3 heterocycles. The minimum absolute atomic E-state index is 0.0521. The maximum atomic E-state index is 13.7. The summed E-state index contributed by atoms with van der Waals surface area (Å²) in [5.74, 6) is 3.11. The number of ketones is 1. The average molecular weight is 527 g/mol. The predicted molar refractivity (Wildman–Crippen MR) is 143 cm³/mol. The van der Waals surface area contributed by atoms with Gasteiger partial charge in [-0.3, -0.25) is 4.79 Å². The van der Waals surface area contributed by atoms with Crippen molar-refractivity contribution in [2.75, 3.05) is 14.2 Å². The van der Waals surface area contributed by atoms with Crippen molar-refractivity contribution in [3.8, 4) is 23.1 Å². The summed E-state index contributed by atoms with van der Waals surface area (Å²) >= 11 is 0. The fourth-order valence-corrected chi connectivity index (χ4v) is 5.48. The van der Waals surface area contributed by atoms with Crippen molar-refractivity contribution < 1.29 is 23.7 Å². The Balaban J connectivity index is 1.49. The van der Waals surface area contributed by atoms with Gasteiger partial charge in [-0.1, -0.05) is 38.1 Å². The Morgan fingerprint density at radius 3 is 2.62 bits per heavy atom. The Bertz CT molecular complexity index is 1640. The Hall–Kier alpha value is -4.40. The standard InChI is InChI=1S/C30H30N4O5/c1-17-8-6-7-9-20(17)38-15-24-32-28-27-25(18-10-11-21(36-4)22(12-18)37-5)26-19(35)13-30(2,3)14-23(26)39-29(27)31-16-34(28)33-24/h6-12,16,25H,13-15H2,1-5H3. The molecule has 4 aromatic rings. The van der Waals surface area contributed by atoms with E-state index in [0.717, 1.165) is 16.9 Å². The molecule has 9 heteroatoms. The second-order valence-electron chi connectivity index (χ2n) is 10.7. The average Bonchev–Trinajstić information content (AvgIpc) is 3.33. The topological polar surface area (TPSA) is 97.1 Å². The number of nitrogens with zero attached hydrogens (tertiary/aromatic N) is 4. The molecule has 1 aliphatic heterocycles. The van der Waals surface area contributed by atoms with Crippen LogP contribution in [0.15, 0.2) is 60.1 Å². The van der Waals surface area contributed by atoms with Crippen molar-refractivity contribution in [3.05, 3.63) is 82.6 Å². The number of para-hydroxylation sites is 1. The zero-order chi connectivity index (χ0) is 27.3. The van der Waals surface area contributed by atoms with Gasteiger partial charge in [0.05, 0.1) is 25.7 Å². The number of carbonyl (C=O) groups excluding carboxylic acids is 1. The molecule has 2 aromatic carbocycles. The van der Waals surface area contributed by atoms with Gasteiger partial charge in [-0.25, -0.2) is 14.5 Å². The molecule has 200 valence electrons. The van der Waals surface area contributed by atoms with Crippen LogP contribution in [0.4, 0.5) is 0 Å². The molecule has 0 fully saturated rings. The van der Waals surface area contributed by atoms with E-state index in [1.165, 1.54) is 0 Å². The Morgan fingerprint density at radius 1 is 1.05 bits per heavy atom. The summed E-state index contributed by atoms with van der Waals surface area (Å²) in [5.41, 5.74) is 3.55. The van der Waals surface area contributed by atoms with Gasteiger partial charge in [0.2, 0.25) is 5.88 Å². The molecule has 1 aliphatic carbocycles. The second-order valence-corrected chi connectivity index (χ2v) is 10.7. The van der Waals surface area contributed by atoms with Crippen molar-refractivity contribution in [3.63, 3.8) is 0 Å². The lowest BCUT2D eigenvalue weighted by atomic mass is 9.70. The zero-order valence-corrected chi connectivity index (χ0v) is 22.6. The van der Waals surface area contributed by atoms with Gasteiger partial charge in [0.15, 0.2) is 28.8 Å². The summed E-state index contributed by atoms with van der Waals surface area (Å²) in [4.78, 5) is 23.1. The van der Waals surface area contributed by atoms with Crippen LogP contribution in [0.2, 0.25) is 0 Å². The predicted octanol–water partition coefficient (Wildman–Crippen LogP) is 5.20. The largest absolute Gasteiger partial charge is 0.493 e. The summed E-state index contributed by atoms with van der Waals surface area (Å²) in [6, 6.07) is 13.5. The molecule has 0 radical (unpaired) electrons. The first-order chi connectivity index (χ1) is 18.8. The lowest BCUT2D eigenvalue weighted by molar-refractivity contribution is -0.118. The van der Waals surface area contributed by atoms with Gasteiger partial charge in [0, 0.05) is 18.4 Å². The van der Waals surface area contributed by atoms with Crippen molar-refractivity contribution in [1.29, 1.82) is 0 Å². The molecule has 0 bridgehead atoms. The minimum Gasteiger partial charge on any atom is -0.493 e. The number of benzene rings is 2. The van der Waals surface area contributed by atoms with E-state index in [1.807, 2.05) is 49.4 Å². The zero-order valence-electron chi connectivity index (χ0n) is 22.6. The van der Waals surface area contributed by atoms with Crippen LogP contribution in [0.25, 0.3) is 5.65 Å². The van der Waals surface area contributed by atoms with E-state index < -0.39 is 5.92 Å². The lowest BCUT2D eigenvalue weighted by Crippen LogP contribution is -2.33. The van der Waals surface area contributed by atoms with Crippen LogP contribution in [-0.4, -0.2) is 39.6 Å². The Kier molecular flexibility index (Phi) is 6.01. The van der Waals surface area contributed by atoms with Crippen molar-refractivity contribution in [2.45, 2.75) is 46.1 Å². The number of aromatic nitrogens is 4. The number of hydrogen-bond acceptors (Lipinski definition) is 8. The van der Waals surface area contributed by atoms with E-state index in [1.54, 1.807) is 25.1 Å². The van der Waals surface area contributed by atoms with Crippen LogP contribution >= 0.6 is 0 Å². The van der Waals surface area contributed by atoms with Gasteiger partial charge < -0.3 is 18.9 Å². The minimum atomic E-state index is -0.460. The van der Waals surface area contributed by atoms with Gasteiger partial charge in [-0.05, 0) is 41.7 Å². The normalized spacial score (nSPS) is 17.9. The number of fused-ring (bicyclic) bond motifs is 3. The molecule has 0 amide bonds. The Morgan fingerprint density at radius 2 is 1.85 bits per heavy atom. The third-order valence-electron chi connectivity index (χ3n) is 7.30. The molecule has 9 nitrogen and oxygen atoms in total. The second kappa shape index (κ2) is 9.41. The van der Waals surface area contributed by atoms with Crippen LogP contribution in [-0.2, 0) is 11.4 Å². The van der Waals surface area contributed by atoms with Crippen LogP contribution in [0, 0.1) is 12.3 Å². The van der Waals surface area contributed by atoms with Gasteiger partial charge in [0.1, 0.15) is 24.4 Å². The molecule has 1 atom stereocenters. The smallest absolute Gasteiger partial charge is 0.228 e. The number of allylic oxidation sites excluding steroid dienone is 2. The molecule has 0 N–H and O–H groups in total. The van der Waals surface area contributed by atoms with Crippen molar-refractivity contribution in [2.24, 2.45) is 5.41 Å². The van der Waals surface area contributed by atoms with Crippen molar-refractivity contribution in [1.82, 2.24) is 19.6 Å². The first-order valence-corrected chi connectivity index (χ1v) is 12.9. The number of aryl methyl sites for hydroxylation is 1. The summed E-state index contributed by atoms with van der Waals surface area (Å²) in [5, 5.41) is 4.62. The summed E-state index contributed by atoms with van der Waals surface area (Å²) < 4.78 is 25.0. The summed E-state index contributed by atoms with van der Waals surface area (Å²) in [6.07, 6.45) is 2.64. The van der Waals surface area contributed by atoms with E-state index in [4.69, 9.17) is 23.9 Å². The van der Waals surface area contributed by atoms with Gasteiger partial charge in [-0.15, -0.1) is 5.10 Å². The fourth-order valence-electron chi connectivity index (χ4n) is 5.48. The van der Waals surface area contributed by atoms with Crippen LogP contribution in [0.5, 0.6) is 23.1 Å². The molecule has 0 saturated heterocycles. The monoisotopic (exact) mass is 526 g/mol. The first kappa shape index (κ1) is 24.9. The molecule has 39 heavy (non-hydrogen) atoms. The molecule has 6 rings (SSSR count). The van der Waals surface area contributed by atoms with E-state index in [0.29, 0.717) is 58.6 Å². The third kappa shape index (κ3) is 4.37. The van der Waals surface area contributed by atoms with Gasteiger partial charge in [0.25, 0.3) is 0 Å². The number of ether oxygens (including phenoxy) is 4. The molecule has 0 spiro atoms. The Labute approximate surface area is 226 Å². The van der Waals surface area contributed by atoms with Crippen LogP contribution < -0.4 is 18.9 Å². The molecule has 0 saturated carbocycles. The number of carbonyl (C=O) groups is 1. The highest BCUT2D eigenvalue weighted by atomic mass is 16.5. The molecule has 1 unspecified atom stereocenters. The quantitative estimate of drug-likeness (QED) is 0.338. The van der Waals surface area contributed by atoms with E-state index >= 15 is 0 Å². The van der Waals surface area contributed by atoms with E-state index in [-0.39, 0.29) is 17.8 Å². The van der Waals surface area contributed by atoms with E-state index in [9.17, 15) is 4.79 Å². The molecule has 2 aliphatic rings. The van der Waals surface area contributed by atoms with Gasteiger partial charge >= 0.3 is 0 Å². The fraction of sp³-hybridized carbons (Fsp3) is 0.333. The highest BCUT2D eigenvalue weighted by Crippen LogP contribution is 2.51. The van der Waals surface area contributed by atoms with Crippen LogP contribution in [0.3, 0.4) is 0 Å².